The van der Waals surface area contributed by atoms with Crippen LogP contribution < -0.4 is 11.5 Å². The van der Waals surface area contributed by atoms with Gasteiger partial charge in [0, 0.05) is 5.56 Å². The Morgan fingerprint density at radius 1 is 1.17 bits per heavy atom. The standard InChI is InChI=1S/C7H10N2O3/c8-5-3(2-10)1-4(11)6(9)7(5)12/h1,10-12H,2,8-9H2. The van der Waals surface area contributed by atoms with Gasteiger partial charge in [-0.05, 0) is 6.07 Å². The SMILES string of the molecule is Nc1c(O)cc(CO)c(N)c1O. The number of aliphatic hydroxyl groups excluding tert-OH is 1. The number of hydrogen-bond acceptors (Lipinski definition) is 5. The van der Waals surface area contributed by atoms with Crippen LogP contribution in [0.3, 0.4) is 0 Å². The molecular formula is C7H10N2O3. The number of anilines is 2. The van der Waals surface area contributed by atoms with Crippen LogP contribution in [0.2, 0.25) is 0 Å². The monoisotopic (exact) mass is 170 g/mol. The van der Waals surface area contributed by atoms with Crippen molar-refractivity contribution in [2.45, 2.75) is 6.61 Å². The van der Waals surface area contributed by atoms with Gasteiger partial charge in [-0.2, -0.15) is 0 Å². The van der Waals surface area contributed by atoms with Gasteiger partial charge in [-0.1, -0.05) is 0 Å². The third kappa shape index (κ3) is 1.10. The van der Waals surface area contributed by atoms with Crippen LogP contribution in [0.15, 0.2) is 6.07 Å². The average molecular weight is 170 g/mol. The van der Waals surface area contributed by atoms with Crippen molar-refractivity contribution in [2.75, 3.05) is 11.5 Å². The lowest BCUT2D eigenvalue weighted by Gasteiger charge is -2.08. The van der Waals surface area contributed by atoms with Gasteiger partial charge in [-0.25, -0.2) is 0 Å². The summed E-state index contributed by atoms with van der Waals surface area (Å²) in [6, 6.07) is 1.21. The van der Waals surface area contributed by atoms with Gasteiger partial charge < -0.3 is 26.8 Å². The molecule has 1 aromatic carbocycles. The normalized spacial score (nSPS) is 10.1. The zero-order valence-electron chi connectivity index (χ0n) is 6.28. The zero-order chi connectivity index (χ0) is 9.30. The number of nitrogen functional groups attached to an aromatic ring is 2. The number of nitrogens with two attached hydrogens (primary N) is 2. The van der Waals surface area contributed by atoms with E-state index in [1.807, 2.05) is 0 Å². The summed E-state index contributed by atoms with van der Waals surface area (Å²) in [6.45, 7) is -0.354. The maximum absolute atomic E-state index is 9.18. The Bertz CT molecular complexity index is 312. The second-order valence-electron chi connectivity index (χ2n) is 2.39. The van der Waals surface area contributed by atoms with E-state index in [0.29, 0.717) is 0 Å². The first-order valence-electron chi connectivity index (χ1n) is 3.27. The average Bonchev–Trinajstić information content (AvgIpc) is 2.08. The molecule has 0 radical (unpaired) electrons. The highest BCUT2D eigenvalue weighted by molar-refractivity contribution is 5.75. The Morgan fingerprint density at radius 3 is 2.25 bits per heavy atom. The highest BCUT2D eigenvalue weighted by Gasteiger charge is 2.11. The molecule has 7 N–H and O–H groups in total. The van der Waals surface area contributed by atoms with Crippen LogP contribution in [0.25, 0.3) is 0 Å². The number of aromatic hydroxyl groups is 2. The van der Waals surface area contributed by atoms with Gasteiger partial charge in [-0.3, -0.25) is 0 Å². The van der Waals surface area contributed by atoms with Crippen molar-refractivity contribution < 1.29 is 15.3 Å². The molecule has 1 rings (SSSR count). The molecule has 12 heavy (non-hydrogen) atoms. The van der Waals surface area contributed by atoms with Gasteiger partial charge in [-0.15, -0.1) is 0 Å². The molecule has 0 unspecified atom stereocenters. The summed E-state index contributed by atoms with van der Waals surface area (Å²) in [4.78, 5) is 0. The van der Waals surface area contributed by atoms with E-state index in [2.05, 4.69) is 0 Å². The Labute approximate surface area is 68.9 Å². The molecule has 0 aliphatic heterocycles. The van der Waals surface area contributed by atoms with Crippen molar-refractivity contribution in [1.29, 1.82) is 0 Å². The Kier molecular flexibility index (Phi) is 1.97. The van der Waals surface area contributed by atoms with Crippen LogP contribution >= 0.6 is 0 Å². The van der Waals surface area contributed by atoms with E-state index >= 15 is 0 Å². The number of benzene rings is 1. The van der Waals surface area contributed by atoms with Gasteiger partial charge >= 0.3 is 0 Å². The molecule has 0 fully saturated rings. The van der Waals surface area contributed by atoms with Crippen LogP contribution in [0.5, 0.6) is 11.5 Å². The maximum atomic E-state index is 9.18. The summed E-state index contributed by atoms with van der Waals surface area (Å²) in [5.41, 5.74) is 10.7. The van der Waals surface area contributed by atoms with Gasteiger partial charge in [0.1, 0.15) is 11.4 Å². The van der Waals surface area contributed by atoms with E-state index in [-0.39, 0.29) is 35.0 Å². The first kappa shape index (κ1) is 8.48. The Morgan fingerprint density at radius 2 is 1.75 bits per heavy atom. The van der Waals surface area contributed by atoms with E-state index < -0.39 is 0 Å². The number of aliphatic hydroxyl groups is 1. The predicted octanol–water partition coefficient (Wildman–Crippen LogP) is -0.245. The Balaban J connectivity index is 3.39. The summed E-state index contributed by atoms with van der Waals surface area (Å²) in [5, 5.41) is 27.0. The van der Waals surface area contributed by atoms with E-state index in [1.54, 1.807) is 0 Å². The summed E-state index contributed by atoms with van der Waals surface area (Å²) in [6.07, 6.45) is 0. The molecule has 1 aromatic rings. The Hall–Kier alpha value is -1.62. The van der Waals surface area contributed by atoms with Crippen molar-refractivity contribution in [2.24, 2.45) is 0 Å². The van der Waals surface area contributed by atoms with E-state index in [1.165, 1.54) is 6.07 Å². The molecule has 0 saturated heterocycles. The smallest absolute Gasteiger partial charge is 0.165 e. The molecule has 0 amide bonds. The minimum atomic E-state index is -0.390. The van der Waals surface area contributed by atoms with Crippen LogP contribution in [0.4, 0.5) is 11.4 Å². The number of hydrogen-bond donors (Lipinski definition) is 5. The summed E-state index contributed by atoms with van der Waals surface area (Å²) < 4.78 is 0. The molecule has 0 aliphatic carbocycles. The first-order chi connectivity index (χ1) is 5.57. The molecule has 0 spiro atoms. The van der Waals surface area contributed by atoms with Gasteiger partial charge in [0.15, 0.2) is 5.75 Å². The minimum Gasteiger partial charge on any atom is -0.506 e. The second kappa shape index (κ2) is 2.78. The summed E-state index contributed by atoms with van der Waals surface area (Å²) in [5.74, 6) is -0.676. The molecule has 5 nitrogen and oxygen atoms in total. The molecule has 0 atom stereocenters. The zero-order valence-corrected chi connectivity index (χ0v) is 6.28. The van der Waals surface area contributed by atoms with Crippen LogP contribution in [0.1, 0.15) is 5.56 Å². The largest absolute Gasteiger partial charge is 0.506 e. The molecule has 0 bridgehead atoms. The van der Waals surface area contributed by atoms with Gasteiger partial charge in [0.05, 0.1) is 12.3 Å². The van der Waals surface area contributed by atoms with E-state index in [9.17, 15) is 5.11 Å². The van der Waals surface area contributed by atoms with Crippen LogP contribution in [0, 0.1) is 0 Å². The summed E-state index contributed by atoms with van der Waals surface area (Å²) in [7, 11) is 0. The topological polar surface area (TPSA) is 113 Å². The fourth-order valence-corrected chi connectivity index (χ4v) is 0.870. The molecule has 5 heteroatoms. The predicted molar refractivity (Wildman–Crippen MR) is 44.5 cm³/mol. The fraction of sp³-hybridized carbons (Fsp3) is 0.143. The highest BCUT2D eigenvalue weighted by atomic mass is 16.3. The minimum absolute atomic E-state index is 0.00667. The molecule has 0 aromatic heterocycles. The lowest BCUT2D eigenvalue weighted by Crippen LogP contribution is -1.98. The third-order valence-electron chi connectivity index (χ3n) is 1.61. The molecule has 0 aliphatic rings. The lowest BCUT2D eigenvalue weighted by molar-refractivity contribution is 0.281. The highest BCUT2D eigenvalue weighted by Crippen LogP contribution is 2.37. The number of phenolic OH excluding ortho intramolecular Hbond substituents is 2. The quantitative estimate of drug-likeness (QED) is 0.227. The maximum Gasteiger partial charge on any atom is 0.165 e. The van der Waals surface area contributed by atoms with Crippen LogP contribution in [-0.2, 0) is 6.61 Å². The fourth-order valence-electron chi connectivity index (χ4n) is 0.870. The first-order valence-corrected chi connectivity index (χ1v) is 3.27. The second-order valence-corrected chi connectivity index (χ2v) is 2.39. The molecule has 0 heterocycles. The van der Waals surface area contributed by atoms with Crippen molar-refractivity contribution in [1.82, 2.24) is 0 Å². The lowest BCUT2D eigenvalue weighted by atomic mass is 10.1. The van der Waals surface area contributed by atoms with E-state index in [0.717, 1.165) is 0 Å². The number of phenols is 2. The van der Waals surface area contributed by atoms with Crippen LogP contribution in [-0.4, -0.2) is 15.3 Å². The molecule has 0 saturated carbocycles. The van der Waals surface area contributed by atoms with Crippen molar-refractivity contribution in [3.05, 3.63) is 11.6 Å². The van der Waals surface area contributed by atoms with E-state index in [4.69, 9.17) is 21.7 Å². The van der Waals surface area contributed by atoms with Gasteiger partial charge in [0.2, 0.25) is 0 Å². The molecule has 66 valence electrons. The van der Waals surface area contributed by atoms with Crippen molar-refractivity contribution >= 4 is 11.4 Å². The van der Waals surface area contributed by atoms with Crippen molar-refractivity contribution in [3.63, 3.8) is 0 Å². The van der Waals surface area contributed by atoms with Gasteiger partial charge in [0.25, 0.3) is 0 Å². The third-order valence-corrected chi connectivity index (χ3v) is 1.61. The summed E-state index contributed by atoms with van der Waals surface area (Å²) >= 11 is 0. The number of rotatable bonds is 1. The molecular weight excluding hydrogens is 160 g/mol. The van der Waals surface area contributed by atoms with Crippen molar-refractivity contribution in [3.8, 4) is 11.5 Å².